The summed E-state index contributed by atoms with van der Waals surface area (Å²) in [5.74, 6) is -0.0239. The number of rotatable bonds is 2. The zero-order valence-electron chi connectivity index (χ0n) is 10.1. The Kier molecular flexibility index (Phi) is 3.31. The SMILES string of the molecule is CC1(C)CN(c2ncccc2F)CC(CO)O1. The van der Waals surface area contributed by atoms with E-state index in [1.807, 2.05) is 18.7 Å². The van der Waals surface area contributed by atoms with E-state index in [1.165, 1.54) is 6.07 Å². The molecule has 1 saturated heterocycles. The fourth-order valence-corrected chi connectivity index (χ4v) is 2.16. The van der Waals surface area contributed by atoms with Crippen molar-refractivity contribution in [2.75, 3.05) is 24.6 Å². The molecule has 5 heteroatoms. The lowest BCUT2D eigenvalue weighted by atomic mass is 10.1. The number of halogens is 1. The molecule has 1 atom stereocenters. The van der Waals surface area contributed by atoms with Gasteiger partial charge in [-0.2, -0.15) is 0 Å². The van der Waals surface area contributed by atoms with Crippen molar-refractivity contribution in [3.63, 3.8) is 0 Å². The van der Waals surface area contributed by atoms with Crippen LogP contribution < -0.4 is 4.90 Å². The molecule has 1 fully saturated rings. The molecule has 0 aromatic carbocycles. The van der Waals surface area contributed by atoms with E-state index >= 15 is 0 Å². The molecule has 0 spiro atoms. The van der Waals surface area contributed by atoms with Crippen LogP contribution in [0.1, 0.15) is 13.8 Å². The highest BCUT2D eigenvalue weighted by molar-refractivity contribution is 5.40. The number of nitrogens with zero attached hydrogens (tertiary/aromatic N) is 2. The van der Waals surface area contributed by atoms with Gasteiger partial charge in [0.25, 0.3) is 0 Å². The van der Waals surface area contributed by atoms with E-state index in [9.17, 15) is 9.50 Å². The Morgan fingerprint density at radius 2 is 2.41 bits per heavy atom. The minimum Gasteiger partial charge on any atom is -0.394 e. The molecule has 94 valence electrons. The second-order valence-electron chi connectivity index (χ2n) is 4.87. The van der Waals surface area contributed by atoms with Crippen LogP contribution in [0.3, 0.4) is 0 Å². The predicted octanol–water partition coefficient (Wildman–Crippen LogP) is 1.20. The van der Waals surface area contributed by atoms with Gasteiger partial charge in [-0.1, -0.05) is 0 Å². The molecular weight excluding hydrogens is 223 g/mol. The molecule has 0 aliphatic carbocycles. The molecule has 1 aromatic heterocycles. The molecule has 1 N–H and O–H groups in total. The van der Waals surface area contributed by atoms with E-state index in [-0.39, 0.29) is 18.5 Å². The molecule has 0 bridgehead atoms. The minimum atomic E-state index is -0.421. The molecule has 1 unspecified atom stereocenters. The highest BCUT2D eigenvalue weighted by Gasteiger charge is 2.34. The van der Waals surface area contributed by atoms with Crippen LogP contribution >= 0.6 is 0 Å². The van der Waals surface area contributed by atoms with Crippen LogP contribution in [0.4, 0.5) is 10.2 Å². The van der Waals surface area contributed by atoms with Crippen molar-refractivity contribution in [1.82, 2.24) is 4.98 Å². The third-order valence-electron chi connectivity index (χ3n) is 2.72. The second-order valence-corrected chi connectivity index (χ2v) is 4.87. The number of aliphatic hydroxyl groups excluding tert-OH is 1. The molecule has 2 heterocycles. The molecule has 0 radical (unpaired) electrons. The number of morpholine rings is 1. The van der Waals surface area contributed by atoms with Gasteiger partial charge < -0.3 is 14.7 Å². The van der Waals surface area contributed by atoms with Crippen LogP contribution in [0, 0.1) is 5.82 Å². The Balaban J connectivity index is 2.24. The predicted molar refractivity (Wildman–Crippen MR) is 62.4 cm³/mol. The summed E-state index contributed by atoms with van der Waals surface area (Å²) >= 11 is 0. The van der Waals surface area contributed by atoms with Crippen LogP contribution in [0.2, 0.25) is 0 Å². The lowest BCUT2D eigenvalue weighted by Crippen LogP contribution is -2.54. The molecule has 1 aliphatic heterocycles. The third-order valence-corrected chi connectivity index (χ3v) is 2.72. The van der Waals surface area contributed by atoms with Crippen molar-refractivity contribution >= 4 is 5.82 Å². The smallest absolute Gasteiger partial charge is 0.165 e. The van der Waals surface area contributed by atoms with Crippen LogP contribution in [0.5, 0.6) is 0 Å². The Hall–Kier alpha value is -1.20. The number of aromatic nitrogens is 1. The van der Waals surface area contributed by atoms with E-state index in [1.54, 1.807) is 12.3 Å². The van der Waals surface area contributed by atoms with Crippen LogP contribution in [-0.2, 0) is 4.74 Å². The van der Waals surface area contributed by atoms with Gasteiger partial charge in [0.05, 0.1) is 18.3 Å². The van der Waals surface area contributed by atoms with E-state index in [0.29, 0.717) is 18.9 Å². The van der Waals surface area contributed by atoms with E-state index in [2.05, 4.69) is 4.98 Å². The number of hydrogen-bond donors (Lipinski definition) is 1. The molecule has 2 rings (SSSR count). The van der Waals surface area contributed by atoms with Gasteiger partial charge in [-0.25, -0.2) is 9.37 Å². The summed E-state index contributed by atoms with van der Waals surface area (Å²) in [6.07, 6.45) is 1.26. The van der Waals surface area contributed by atoms with Gasteiger partial charge in [-0.15, -0.1) is 0 Å². The highest BCUT2D eigenvalue weighted by atomic mass is 19.1. The number of ether oxygens (including phenoxy) is 1. The molecule has 0 amide bonds. The van der Waals surface area contributed by atoms with Crippen LogP contribution in [0.25, 0.3) is 0 Å². The largest absolute Gasteiger partial charge is 0.394 e. The maximum absolute atomic E-state index is 13.6. The number of aliphatic hydroxyl groups is 1. The van der Waals surface area contributed by atoms with Crippen molar-refractivity contribution in [1.29, 1.82) is 0 Å². The van der Waals surface area contributed by atoms with Crippen molar-refractivity contribution in [2.45, 2.75) is 25.6 Å². The molecule has 1 aromatic rings. The van der Waals surface area contributed by atoms with Crippen molar-refractivity contribution in [3.05, 3.63) is 24.1 Å². The molecular formula is C12H17FN2O2. The zero-order chi connectivity index (χ0) is 12.5. The van der Waals surface area contributed by atoms with Gasteiger partial charge in [0.15, 0.2) is 11.6 Å². The van der Waals surface area contributed by atoms with Gasteiger partial charge in [0, 0.05) is 19.3 Å². The van der Waals surface area contributed by atoms with E-state index in [4.69, 9.17) is 4.74 Å². The molecule has 1 aliphatic rings. The van der Waals surface area contributed by atoms with Gasteiger partial charge >= 0.3 is 0 Å². The Bertz CT molecular complexity index is 398. The summed E-state index contributed by atoms with van der Waals surface area (Å²) in [5.41, 5.74) is -0.421. The first-order valence-electron chi connectivity index (χ1n) is 5.66. The first-order valence-corrected chi connectivity index (χ1v) is 5.66. The normalized spacial score (nSPS) is 23.8. The molecule has 17 heavy (non-hydrogen) atoms. The number of hydrogen-bond acceptors (Lipinski definition) is 4. The maximum Gasteiger partial charge on any atom is 0.165 e. The summed E-state index contributed by atoms with van der Waals surface area (Å²) < 4.78 is 19.3. The monoisotopic (exact) mass is 240 g/mol. The zero-order valence-corrected chi connectivity index (χ0v) is 10.1. The second kappa shape index (κ2) is 4.58. The topological polar surface area (TPSA) is 45.6 Å². The summed E-state index contributed by atoms with van der Waals surface area (Å²) in [4.78, 5) is 5.87. The Morgan fingerprint density at radius 3 is 3.06 bits per heavy atom. The lowest BCUT2D eigenvalue weighted by molar-refractivity contribution is -0.101. The maximum atomic E-state index is 13.6. The summed E-state index contributed by atoms with van der Waals surface area (Å²) in [6, 6.07) is 2.95. The quantitative estimate of drug-likeness (QED) is 0.843. The van der Waals surface area contributed by atoms with E-state index in [0.717, 1.165) is 0 Å². The fourth-order valence-electron chi connectivity index (χ4n) is 2.16. The standard InChI is InChI=1S/C12H17FN2O2/c1-12(2)8-15(6-9(7-16)17-12)11-10(13)4-3-5-14-11/h3-5,9,16H,6-8H2,1-2H3. The molecule has 4 nitrogen and oxygen atoms in total. The van der Waals surface area contributed by atoms with Gasteiger partial charge in [-0.05, 0) is 26.0 Å². The average Bonchev–Trinajstić information content (AvgIpc) is 2.27. The van der Waals surface area contributed by atoms with Gasteiger partial charge in [0.1, 0.15) is 0 Å². The summed E-state index contributed by atoms with van der Waals surface area (Å²) in [7, 11) is 0. The molecule has 0 saturated carbocycles. The minimum absolute atomic E-state index is 0.0750. The number of pyridine rings is 1. The van der Waals surface area contributed by atoms with Crippen molar-refractivity contribution in [2.24, 2.45) is 0 Å². The van der Waals surface area contributed by atoms with Gasteiger partial charge in [-0.3, -0.25) is 0 Å². The lowest BCUT2D eigenvalue weighted by Gasteiger charge is -2.42. The first-order chi connectivity index (χ1) is 8.02. The Morgan fingerprint density at radius 1 is 1.65 bits per heavy atom. The third kappa shape index (κ3) is 2.73. The van der Waals surface area contributed by atoms with Crippen LogP contribution in [0.15, 0.2) is 18.3 Å². The highest BCUT2D eigenvalue weighted by Crippen LogP contribution is 2.26. The average molecular weight is 240 g/mol. The summed E-state index contributed by atoms with van der Waals surface area (Å²) in [6.45, 7) is 4.77. The fraction of sp³-hybridized carbons (Fsp3) is 0.583. The van der Waals surface area contributed by atoms with Crippen molar-refractivity contribution in [3.8, 4) is 0 Å². The summed E-state index contributed by atoms with van der Waals surface area (Å²) in [5, 5.41) is 9.19. The first kappa shape index (κ1) is 12.3. The number of anilines is 1. The van der Waals surface area contributed by atoms with Gasteiger partial charge in [0.2, 0.25) is 0 Å². The van der Waals surface area contributed by atoms with E-state index < -0.39 is 5.60 Å². The Labute approximate surface area is 100 Å². The van der Waals surface area contributed by atoms with Crippen LogP contribution in [-0.4, -0.2) is 41.5 Å². The van der Waals surface area contributed by atoms with Crippen molar-refractivity contribution < 1.29 is 14.2 Å².